The standard InChI is InChI=1S/C19H20FN5O4S/c1-10(2)8-25-15(21)14(17(27)24(3)19(25)28)13(26)9-30-18-23-22-16(29-18)11-4-6-12(20)7-5-11/h4-7,10H,8-9,21H2,1-3H3. The van der Waals surface area contributed by atoms with E-state index in [9.17, 15) is 18.8 Å². The molecule has 30 heavy (non-hydrogen) atoms. The molecule has 0 aliphatic heterocycles. The van der Waals surface area contributed by atoms with Crippen LogP contribution in [0.2, 0.25) is 0 Å². The Kier molecular flexibility index (Phi) is 6.20. The minimum absolute atomic E-state index is 0.0862. The lowest BCUT2D eigenvalue weighted by atomic mass is 10.2. The SMILES string of the molecule is CC(C)Cn1c(N)c(C(=O)CSc2nnc(-c3ccc(F)cc3)o2)c(=O)n(C)c1=O. The fraction of sp³-hybridized carbons (Fsp3) is 0.316. The van der Waals surface area contributed by atoms with Gasteiger partial charge in [-0.1, -0.05) is 25.6 Å². The smallest absolute Gasteiger partial charge is 0.332 e. The predicted octanol–water partition coefficient (Wildman–Crippen LogP) is 1.95. The molecule has 0 radical (unpaired) electrons. The average molecular weight is 433 g/mol. The van der Waals surface area contributed by atoms with Crippen LogP contribution in [0, 0.1) is 11.7 Å². The third kappa shape index (κ3) is 4.35. The fourth-order valence-corrected chi connectivity index (χ4v) is 3.40. The molecule has 3 aromatic rings. The maximum Gasteiger partial charge on any atom is 0.332 e. The van der Waals surface area contributed by atoms with E-state index in [-0.39, 0.29) is 40.7 Å². The van der Waals surface area contributed by atoms with Crippen LogP contribution < -0.4 is 17.0 Å². The van der Waals surface area contributed by atoms with E-state index in [4.69, 9.17) is 10.2 Å². The number of aromatic nitrogens is 4. The minimum Gasteiger partial charge on any atom is -0.411 e. The molecule has 0 bridgehead atoms. The summed E-state index contributed by atoms with van der Waals surface area (Å²) in [6, 6.07) is 5.51. The van der Waals surface area contributed by atoms with Crippen LogP contribution in [0.15, 0.2) is 43.5 Å². The van der Waals surface area contributed by atoms with Crippen LogP contribution in [0.1, 0.15) is 24.2 Å². The summed E-state index contributed by atoms with van der Waals surface area (Å²) < 4.78 is 20.6. The highest BCUT2D eigenvalue weighted by molar-refractivity contribution is 7.99. The van der Waals surface area contributed by atoms with Crippen LogP contribution in [-0.4, -0.2) is 30.9 Å². The van der Waals surface area contributed by atoms with E-state index in [1.807, 2.05) is 13.8 Å². The number of carbonyl (C=O) groups is 1. The van der Waals surface area contributed by atoms with Gasteiger partial charge in [0.2, 0.25) is 5.89 Å². The Morgan fingerprint density at radius 3 is 2.53 bits per heavy atom. The highest BCUT2D eigenvalue weighted by Crippen LogP contribution is 2.24. The van der Waals surface area contributed by atoms with E-state index in [2.05, 4.69) is 10.2 Å². The molecule has 2 heterocycles. The van der Waals surface area contributed by atoms with Crippen molar-refractivity contribution >= 4 is 23.4 Å². The normalized spacial score (nSPS) is 11.2. The van der Waals surface area contributed by atoms with Gasteiger partial charge in [-0.2, -0.15) is 0 Å². The molecule has 0 aliphatic rings. The number of thioether (sulfide) groups is 1. The molecule has 0 saturated carbocycles. The number of benzene rings is 1. The number of nitrogens with two attached hydrogens (primary N) is 1. The molecule has 9 nitrogen and oxygen atoms in total. The predicted molar refractivity (Wildman–Crippen MR) is 110 cm³/mol. The molecule has 0 spiro atoms. The Morgan fingerprint density at radius 1 is 1.23 bits per heavy atom. The molecule has 0 unspecified atom stereocenters. The Hall–Kier alpha value is -3.21. The van der Waals surface area contributed by atoms with Gasteiger partial charge in [-0.3, -0.25) is 18.7 Å². The van der Waals surface area contributed by atoms with Crippen molar-refractivity contribution in [3.8, 4) is 11.5 Å². The average Bonchev–Trinajstić information content (AvgIpc) is 3.17. The largest absolute Gasteiger partial charge is 0.411 e. The van der Waals surface area contributed by atoms with Crippen molar-refractivity contribution in [1.82, 2.24) is 19.3 Å². The Morgan fingerprint density at radius 2 is 1.90 bits per heavy atom. The van der Waals surface area contributed by atoms with Crippen molar-refractivity contribution < 1.29 is 13.6 Å². The van der Waals surface area contributed by atoms with Crippen molar-refractivity contribution in [2.24, 2.45) is 13.0 Å². The number of rotatable bonds is 7. The summed E-state index contributed by atoms with van der Waals surface area (Å²) in [6.45, 7) is 4.06. The summed E-state index contributed by atoms with van der Waals surface area (Å²) in [6.07, 6.45) is 0. The maximum atomic E-state index is 13.0. The van der Waals surface area contributed by atoms with Gasteiger partial charge < -0.3 is 10.2 Å². The summed E-state index contributed by atoms with van der Waals surface area (Å²) in [7, 11) is 1.30. The van der Waals surface area contributed by atoms with E-state index >= 15 is 0 Å². The van der Waals surface area contributed by atoms with E-state index in [1.165, 1.54) is 35.9 Å². The zero-order chi connectivity index (χ0) is 22.0. The van der Waals surface area contributed by atoms with Crippen molar-refractivity contribution in [3.63, 3.8) is 0 Å². The van der Waals surface area contributed by atoms with Gasteiger partial charge in [0.25, 0.3) is 10.8 Å². The number of Topliss-reactive ketones (excluding diaryl/α,β-unsaturated/α-hetero) is 1. The van der Waals surface area contributed by atoms with Gasteiger partial charge in [0.05, 0.1) is 5.75 Å². The minimum atomic E-state index is -0.749. The van der Waals surface area contributed by atoms with Gasteiger partial charge >= 0.3 is 5.69 Å². The van der Waals surface area contributed by atoms with Gasteiger partial charge in [0.15, 0.2) is 5.78 Å². The second-order valence-electron chi connectivity index (χ2n) is 7.00. The number of anilines is 1. The molecule has 0 aliphatic carbocycles. The summed E-state index contributed by atoms with van der Waals surface area (Å²) in [5.41, 5.74) is 4.96. The lowest BCUT2D eigenvalue weighted by Crippen LogP contribution is -2.43. The molecular weight excluding hydrogens is 413 g/mol. The summed E-state index contributed by atoms with van der Waals surface area (Å²) in [5, 5.41) is 7.82. The highest BCUT2D eigenvalue weighted by Gasteiger charge is 2.22. The first kappa shape index (κ1) is 21.5. The lowest BCUT2D eigenvalue weighted by molar-refractivity contribution is 0.102. The van der Waals surface area contributed by atoms with Gasteiger partial charge in [-0.05, 0) is 30.2 Å². The molecule has 2 N–H and O–H groups in total. The summed E-state index contributed by atoms with van der Waals surface area (Å²) in [4.78, 5) is 37.5. The Bertz CT molecular complexity index is 1200. The topological polar surface area (TPSA) is 126 Å². The Balaban J connectivity index is 1.82. The molecule has 0 fully saturated rings. The van der Waals surface area contributed by atoms with E-state index in [0.717, 1.165) is 16.3 Å². The van der Waals surface area contributed by atoms with Gasteiger partial charge in [0.1, 0.15) is 17.2 Å². The number of hydrogen-bond acceptors (Lipinski definition) is 8. The number of ketones is 1. The van der Waals surface area contributed by atoms with Crippen LogP contribution in [0.25, 0.3) is 11.5 Å². The van der Waals surface area contributed by atoms with Crippen molar-refractivity contribution in [3.05, 3.63) is 56.5 Å². The second-order valence-corrected chi connectivity index (χ2v) is 7.93. The zero-order valence-electron chi connectivity index (χ0n) is 16.6. The highest BCUT2D eigenvalue weighted by atomic mass is 32.2. The van der Waals surface area contributed by atoms with Gasteiger partial charge in [-0.25, -0.2) is 9.18 Å². The molecule has 11 heteroatoms. The van der Waals surface area contributed by atoms with Crippen molar-refractivity contribution in [1.29, 1.82) is 0 Å². The molecule has 158 valence electrons. The second kappa shape index (κ2) is 8.66. The number of hydrogen-bond donors (Lipinski definition) is 1. The van der Waals surface area contributed by atoms with Crippen LogP contribution in [0.5, 0.6) is 0 Å². The summed E-state index contributed by atoms with van der Waals surface area (Å²) in [5.74, 6) is -1.04. The molecule has 1 aromatic carbocycles. The lowest BCUT2D eigenvalue weighted by Gasteiger charge is -2.15. The van der Waals surface area contributed by atoms with Crippen LogP contribution in [0.3, 0.4) is 0 Å². The van der Waals surface area contributed by atoms with E-state index < -0.39 is 22.8 Å². The number of nitrogens with zero attached hydrogens (tertiary/aromatic N) is 4. The fourth-order valence-electron chi connectivity index (χ4n) is 2.76. The van der Waals surface area contributed by atoms with E-state index in [1.54, 1.807) is 0 Å². The first-order valence-corrected chi connectivity index (χ1v) is 10.0. The first-order valence-electron chi connectivity index (χ1n) is 9.03. The van der Waals surface area contributed by atoms with Crippen molar-refractivity contribution in [2.45, 2.75) is 25.6 Å². The monoisotopic (exact) mass is 433 g/mol. The molecule has 0 saturated heterocycles. The van der Waals surface area contributed by atoms with E-state index in [0.29, 0.717) is 5.56 Å². The van der Waals surface area contributed by atoms with Crippen LogP contribution in [-0.2, 0) is 13.6 Å². The Labute approximate surface area is 174 Å². The molecule has 0 amide bonds. The molecule has 2 aromatic heterocycles. The zero-order valence-corrected chi connectivity index (χ0v) is 17.4. The molecule has 3 rings (SSSR count). The van der Waals surface area contributed by atoms with Crippen LogP contribution in [0.4, 0.5) is 10.2 Å². The molecular formula is C19H20FN5O4S. The first-order chi connectivity index (χ1) is 14.2. The van der Waals surface area contributed by atoms with Crippen molar-refractivity contribution in [2.75, 3.05) is 11.5 Å². The number of carbonyl (C=O) groups excluding carboxylic acids is 1. The molecule has 0 atom stereocenters. The maximum absolute atomic E-state index is 13.0. The summed E-state index contributed by atoms with van der Waals surface area (Å²) >= 11 is 0.934. The number of halogens is 1. The quantitative estimate of drug-likeness (QED) is 0.443. The van der Waals surface area contributed by atoms with Crippen LogP contribution >= 0.6 is 11.8 Å². The third-order valence-corrected chi connectivity index (χ3v) is 5.05. The number of nitrogen functional groups attached to an aromatic ring is 1. The third-order valence-electron chi connectivity index (χ3n) is 4.23. The van der Waals surface area contributed by atoms with Gasteiger partial charge in [-0.15, -0.1) is 10.2 Å². The van der Waals surface area contributed by atoms with Gasteiger partial charge in [0, 0.05) is 19.2 Å².